The summed E-state index contributed by atoms with van der Waals surface area (Å²) in [7, 11) is 0. The van der Waals surface area contributed by atoms with E-state index in [2.05, 4.69) is 9.97 Å². The molecule has 0 fully saturated rings. The summed E-state index contributed by atoms with van der Waals surface area (Å²) in [5.41, 5.74) is 7.61. The average Bonchev–Trinajstić information content (AvgIpc) is 2.17. The molecule has 0 unspecified atom stereocenters. The van der Waals surface area contributed by atoms with Crippen LogP contribution in [-0.4, -0.2) is 16.6 Å². The fraction of sp³-hybridized carbons (Fsp3) is 0.500. The fourth-order valence-electron chi connectivity index (χ4n) is 1.27. The van der Waals surface area contributed by atoms with Gasteiger partial charge in [-0.1, -0.05) is 0 Å². The lowest BCUT2D eigenvalue weighted by molar-refractivity contribution is 0.107. The Morgan fingerprint density at radius 1 is 1.58 bits per heavy atom. The van der Waals surface area contributed by atoms with Crippen LogP contribution < -0.4 is 5.73 Å². The van der Waals surface area contributed by atoms with Gasteiger partial charge in [0.25, 0.3) is 0 Å². The van der Waals surface area contributed by atoms with Gasteiger partial charge in [-0.05, 0) is 12.0 Å². The SMILES string of the molecule is NCc1ncc2c(n1)COCC2. The van der Waals surface area contributed by atoms with Gasteiger partial charge in [0.05, 0.1) is 25.5 Å². The predicted molar refractivity (Wildman–Crippen MR) is 43.3 cm³/mol. The van der Waals surface area contributed by atoms with Gasteiger partial charge in [0, 0.05) is 6.20 Å². The molecule has 0 spiro atoms. The van der Waals surface area contributed by atoms with Crippen LogP contribution in [0, 0.1) is 0 Å². The highest BCUT2D eigenvalue weighted by Crippen LogP contribution is 2.12. The minimum Gasteiger partial charge on any atom is -0.375 e. The van der Waals surface area contributed by atoms with Crippen molar-refractivity contribution in [3.63, 3.8) is 0 Å². The summed E-state index contributed by atoms with van der Waals surface area (Å²) in [4.78, 5) is 8.39. The van der Waals surface area contributed by atoms with Crippen LogP contribution in [0.4, 0.5) is 0 Å². The Balaban J connectivity index is 2.36. The predicted octanol–water partition coefficient (Wildman–Crippen LogP) is 0.00800. The van der Waals surface area contributed by atoms with Crippen molar-refractivity contribution in [2.45, 2.75) is 19.6 Å². The molecular formula is C8H11N3O. The normalized spacial score (nSPS) is 15.8. The molecule has 1 aromatic rings. The molecule has 64 valence electrons. The summed E-state index contributed by atoms with van der Waals surface area (Å²) >= 11 is 0. The molecule has 12 heavy (non-hydrogen) atoms. The van der Waals surface area contributed by atoms with Gasteiger partial charge in [-0.15, -0.1) is 0 Å². The molecular weight excluding hydrogens is 154 g/mol. The van der Waals surface area contributed by atoms with Crippen molar-refractivity contribution in [2.75, 3.05) is 6.61 Å². The second-order valence-corrected chi connectivity index (χ2v) is 2.76. The lowest BCUT2D eigenvalue weighted by Gasteiger charge is -2.14. The Morgan fingerprint density at radius 3 is 3.33 bits per heavy atom. The van der Waals surface area contributed by atoms with Gasteiger partial charge in [-0.2, -0.15) is 0 Å². The highest BCUT2D eigenvalue weighted by atomic mass is 16.5. The molecule has 0 aromatic carbocycles. The van der Waals surface area contributed by atoms with Crippen molar-refractivity contribution in [3.05, 3.63) is 23.3 Å². The molecule has 2 rings (SSSR count). The molecule has 0 saturated heterocycles. The number of nitrogens with two attached hydrogens (primary N) is 1. The highest BCUT2D eigenvalue weighted by Gasteiger charge is 2.11. The Labute approximate surface area is 70.8 Å². The minimum atomic E-state index is 0.396. The van der Waals surface area contributed by atoms with Crippen LogP contribution in [0.15, 0.2) is 6.20 Å². The second kappa shape index (κ2) is 3.16. The maximum absolute atomic E-state index is 5.42. The first kappa shape index (κ1) is 7.64. The van der Waals surface area contributed by atoms with E-state index < -0.39 is 0 Å². The van der Waals surface area contributed by atoms with Crippen molar-refractivity contribution in [3.8, 4) is 0 Å². The van der Waals surface area contributed by atoms with Crippen LogP contribution in [0.1, 0.15) is 17.1 Å². The van der Waals surface area contributed by atoms with E-state index in [0.29, 0.717) is 19.0 Å². The average molecular weight is 165 g/mol. The van der Waals surface area contributed by atoms with Gasteiger partial charge < -0.3 is 10.5 Å². The summed E-state index contributed by atoms with van der Waals surface area (Å²) in [6.07, 6.45) is 2.77. The quantitative estimate of drug-likeness (QED) is 0.636. The summed E-state index contributed by atoms with van der Waals surface area (Å²) in [6.45, 7) is 1.77. The van der Waals surface area contributed by atoms with Crippen molar-refractivity contribution in [2.24, 2.45) is 5.73 Å². The van der Waals surface area contributed by atoms with Crippen molar-refractivity contribution < 1.29 is 4.74 Å². The molecule has 0 amide bonds. The Morgan fingerprint density at radius 2 is 2.50 bits per heavy atom. The topological polar surface area (TPSA) is 61.0 Å². The largest absolute Gasteiger partial charge is 0.375 e. The van der Waals surface area contributed by atoms with E-state index in [4.69, 9.17) is 10.5 Å². The maximum atomic E-state index is 5.42. The van der Waals surface area contributed by atoms with E-state index in [1.807, 2.05) is 6.20 Å². The van der Waals surface area contributed by atoms with E-state index in [9.17, 15) is 0 Å². The maximum Gasteiger partial charge on any atom is 0.142 e. The highest BCUT2D eigenvalue weighted by molar-refractivity contribution is 5.18. The van der Waals surface area contributed by atoms with Crippen molar-refractivity contribution in [1.82, 2.24) is 9.97 Å². The second-order valence-electron chi connectivity index (χ2n) is 2.76. The first-order chi connectivity index (χ1) is 5.90. The summed E-state index contributed by atoms with van der Waals surface area (Å²) in [6, 6.07) is 0. The molecule has 1 aromatic heterocycles. The monoisotopic (exact) mass is 165 g/mol. The fourth-order valence-corrected chi connectivity index (χ4v) is 1.27. The van der Waals surface area contributed by atoms with Gasteiger partial charge in [-0.3, -0.25) is 0 Å². The van der Waals surface area contributed by atoms with Crippen LogP contribution in [0.5, 0.6) is 0 Å². The molecule has 0 saturated carbocycles. The molecule has 1 aliphatic heterocycles. The summed E-state index contributed by atoms with van der Waals surface area (Å²) in [5, 5.41) is 0. The standard InChI is InChI=1S/C8H11N3O/c9-3-8-10-4-6-1-2-12-5-7(6)11-8/h4H,1-3,5,9H2. The molecule has 0 radical (unpaired) electrons. The summed E-state index contributed by atoms with van der Waals surface area (Å²) in [5.74, 6) is 0.694. The zero-order valence-electron chi connectivity index (χ0n) is 6.79. The van der Waals surface area contributed by atoms with Crippen molar-refractivity contribution in [1.29, 1.82) is 0 Å². The molecule has 4 heteroatoms. The van der Waals surface area contributed by atoms with Crippen LogP contribution in [0.3, 0.4) is 0 Å². The smallest absolute Gasteiger partial charge is 0.142 e. The van der Waals surface area contributed by atoms with Crippen LogP contribution in [-0.2, 0) is 24.3 Å². The van der Waals surface area contributed by atoms with Crippen LogP contribution >= 0.6 is 0 Å². The molecule has 0 atom stereocenters. The Kier molecular flexibility index (Phi) is 2.01. The zero-order valence-corrected chi connectivity index (χ0v) is 6.79. The van der Waals surface area contributed by atoms with Gasteiger partial charge in [-0.25, -0.2) is 9.97 Å². The Bertz CT molecular complexity index is 288. The number of hydrogen-bond donors (Lipinski definition) is 1. The molecule has 0 bridgehead atoms. The van der Waals surface area contributed by atoms with Gasteiger partial charge >= 0.3 is 0 Å². The molecule has 4 nitrogen and oxygen atoms in total. The minimum absolute atomic E-state index is 0.396. The van der Waals surface area contributed by atoms with E-state index >= 15 is 0 Å². The molecule has 2 heterocycles. The number of fused-ring (bicyclic) bond motifs is 1. The molecule has 2 N–H and O–H groups in total. The first-order valence-electron chi connectivity index (χ1n) is 4.01. The lowest BCUT2D eigenvalue weighted by atomic mass is 10.1. The lowest BCUT2D eigenvalue weighted by Crippen LogP contribution is -2.15. The third-order valence-corrected chi connectivity index (χ3v) is 1.94. The van der Waals surface area contributed by atoms with Crippen LogP contribution in [0.2, 0.25) is 0 Å². The van der Waals surface area contributed by atoms with E-state index in [1.165, 1.54) is 5.56 Å². The number of hydrogen-bond acceptors (Lipinski definition) is 4. The van der Waals surface area contributed by atoms with Crippen LogP contribution in [0.25, 0.3) is 0 Å². The third kappa shape index (κ3) is 1.31. The third-order valence-electron chi connectivity index (χ3n) is 1.94. The number of aromatic nitrogens is 2. The van der Waals surface area contributed by atoms with Gasteiger partial charge in [0.2, 0.25) is 0 Å². The van der Waals surface area contributed by atoms with E-state index in [1.54, 1.807) is 0 Å². The van der Waals surface area contributed by atoms with E-state index in [-0.39, 0.29) is 0 Å². The van der Waals surface area contributed by atoms with E-state index in [0.717, 1.165) is 18.7 Å². The summed E-state index contributed by atoms with van der Waals surface area (Å²) < 4.78 is 5.26. The number of rotatable bonds is 1. The number of nitrogens with zero attached hydrogens (tertiary/aromatic N) is 2. The van der Waals surface area contributed by atoms with Gasteiger partial charge in [0.15, 0.2) is 0 Å². The first-order valence-corrected chi connectivity index (χ1v) is 4.01. The van der Waals surface area contributed by atoms with Gasteiger partial charge in [0.1, 0.15) is 5.82 Å². The number of ether oxygens (including phenoxy) is 1. The molecule has 1 aliphatic rings. The van der Waals surface area contributed by atoms with Crippen molar-refractivity contribution >= 4 is 0 Å². The molecule has 0 aliphatic carbocycles. The zero-order chi connectivity index (χ0) is 8.39. The Hall–Kier alpha value is -1.00.